The predicted molar refractivity (Wildman–Crippen MR) is 102 cm³/mol. The van der Waals surface area contributed by atoms with E-state index in [-0.39, 0.29) is 5.78 Å². The van der Waals surface area contributed by atoms with Gasteiger partial charge in [-0.1, -0.05) is 6.07 Å². The van der Waals surface area contributed by atoms with Crippen LogP contribution >= 0.6 is 22.7 Å². The molecule has 4 nitrogen and oxygen atoms in total. The molecule has 0 spiro atoms. The van der Waals surface area contributed by atoms with Crippen LogP contribution in [0.2, 0.25) is 0 Å². The summed E-state index contributed by atoms with van der Waals surface area (Å²) >= 11 is 2.82. The average molecular weight is 366 g/mol. The Hall–Kier alpha value is -2.44. The number of hydrogen-bond acceptors (Lipinski definition) is 6. The van der Waals surface area contributed by atoms with Gasteiger partial charge in [0.25, 0.3) is 0 Å². The summed E-state index contributed by atoms with van der Waals surface area (Å²) in [5, 5.41) is 2.76. The van der Waals surface area contributed by atoms with Crippen LogP contribution in [-0.2, 0) is 12.8 Å². The Balaban J connectivity index is 1.81. The number of ketones is 1. The number of hydrogen-bond donors (Lipinski definition) is 1. The zero-order valence-electron chi connectivity index (χ0n) is 13.2. The lowest BCUT2D eigenvalue weighted by Gasteiger charge is -2.08. The molecule has 0 aromatic carbocycles. The number of nitrogens with zero attached hydrogens (tertiary/aromatic N) is 1. The van der Waals surface area contributed by atoms with Crippen molar-refractivity contribution in [2.75, 3.05) is 5.73 Å². The molecule has 25 heavy (non-hydrogen) atoms. The molecule has 5 rings (SSSR count). The van der Waals surface area contributed by atoms with E-state index in [2.05, 4.69) is 0 Å². The SMILES string of the molecule is Nc1c(C(=O)c2cccs2)sc2nc3c(c(-c4ccco4)c12)CCC3. The summed E-state index contributed by atoms with van der Waals surface area (Å²) in [7, 11) is 0. The van der Waals surface area contributed by atoms with Crippen LogP contribution in [0.15, 0.2) is 40.3 Å². The number of rotatable bonds is 3. The number of aryl methyl sites for hydroxylation is 1. The molecule has 4 aromatic heterocycles. The molecule has 6 heteroatoms. The fourth-order valence-corrected chi connectivity index (χ4v) is 5.34. The molecule has 0 bridgehead atoms. The molecule has 0 aliphatic heterocycles. The third-order valence-corrected chi connectivity index (χ3v) is 6.59. The number of furan rings is 1. The van der Waals surface area contributed by atoms with Crippen molar-refractivity contribution >= 4 is 44.4 Å². The Bertz CT molecular complexity index is 1090. The van der Waals surface area contributed by atoms with E-state index >= 15 is 0 Å². The topological polar surface area (TPSA) is 69.1 Å². The largest absolute Gasteiger partial charge is 0.464 e. The smallest absolute Gasteiger partial charge is 0.215 e. The van der Waals surface area contributed by atoms with Gasteiger partial charge in [0.1, 0.15) is 15.5 Å². The first-order valence-corrected chi connectivity index (χ1v) is 9.79. The van der Waals surface area contributed by atoms with Gasteiger partial charge in [-0.3, -0.25) is 4.79 Å². The monoisotopic (exact) mass is 366 g/mol. The molecule has 0 unspecified atom stereocenters. The molecule has 124 valence electrons. The molecule has 1 aliphatic rings. The van der Waals surface area contributed by atoms with E-state index < -0.39 is 0 Å². The Morgan fingerprint density at radius 3 is 2.92 bits per heavy atom. The van der Waals surface area contributed by atoms with E-state index in [9.17, 15) is 4.79 Å². The number of carbonyl (C=O) groups is 1. The van der Waals surface area contributed by atoms with Gasteiger partial charge in [0.05, 0.1) is 16.8 Å². The zero-order chi connectivity index (χ0) is 17.0. The predicted octanol–water partition coefficient (Wildman–Crippen LogP) is 4.92. The number of nitrogens with two attached hydrogens (primary N) is 1. The molecular formula is C19H14N2O2S2. The third kappa shape index (κ3) is 2.18. The molecule has 0 fully saturated rings. The number of anilines is 1. The second kappa shape index (κ2) is 5.54. The molecular weight excluding hydrogens is 352 g/mol. The lowest BCUT2D eigenvalue weighted by Crippen LogP contribution is -2.00. The second-order valence-electron chi connectivity index (χ2n) is 6.07. The zero-order valence-corrected chi connectivity index (χ0v) is 14.9. The second-order valence-corrected chi connectivity index (χ2v) is 8.02. The van der Waals surface area contributed by atoms with E-state index in [0.717, 1.165) is 46.5 Å². The first kappa shape index (κ1) is 14.9. The molecule has 0 atom stereocenters. The van der Waals surface area contributed by atoms with Crippen molar-refractivity contribution in [2.45, 2.75) is 19.3 Å². The lowest BCUT2D eigenvalue weighted by atomic mass is 10.0. The normalized spacial score (nSPS) is 13.4. The molecule has 0 amide bonds. The summed E-state index contributed by atoms with van der Waals surface area (Å²) in [6, 6.07) is 7.54. The lowest BCUT2D eigenvalue weighted by molar-refractivity contribution is 0.104. The van der Waals surface area contributed by atoms with E-state index in [4.69, 9.17) is 15.1 Å². The fraction of sp³-hybridized carbons (Fsp3) is 0.158. The molecule has 4 aromatic rings. The maximum absolute atomic E-state index is 12.8. The van der Waals surface area contributed by atoms with E-state index in [1.807, 2.05) is 29.6 Å². The van der Waals surface area contributed by atoms with Crippen molar-refractivity contribution < 1.29 is 9.21 Å². The average Bonchev–Trinajstić information content (AvgIpc) is 3.39. The molecule has 0 radical (unpaired) electrons. The Morgan fingerprint density at radius 1 is 1.24 bits per heavy atom. The van der Waals surface area contributed by atoms with Crippen LogP contribution < -0.4 is 5.73 Å². The van der Waals surface area contributed by atoms with E-state index in [0.29, 0.717) is 15.4 Å². The van der Waals surface area contributed by atoms with Crippen LogP contribution in [-0.4, -0.2) is 10.8 Å². The van der Waals surface area contributed by atoms with E-state index in [1.165, 1.54) is 28.2 Å². The van der Waals surface area contributed by atoms with Crippen molar-refractivity contribution in [1.82, 2.24) is 4.98 Å². The number of fused-ring (bicyclic) bond motifs is 2. The minimum absolute atomic E-state index is 0.0268. The highest BCUT2D eigenvalue weighted by atomic mass is 32.1. The quantitative estimate of drug-likeness (QED) is 0.523. The molecule has 4 heterocycles. The van der Waals surface area contributed by atoms with E-state index in [1.54, 1.807) is 6.26 Å². The first-order chi connectivity index (χ1) is 12.2. The van der Waals surface area contributed by atoms with Crippen LogP contribution in [0.4, 0.5) is 5.69 Å². The van der Waals surface area contributed by atoms with Gasteiger partial charge in [0, 0.05) is 16.6 Å². The maximum Gasteiger partial charge on any atom is 0.215 e. The molecule has 2 N–H and O–H groups in total. The summed E-state index contributed by atoms with van der Waals surface area (Å²) in [6.45, 7) is 0. The van der Waals surface area contributed by atoms with Crippen molar-refractivity contribution in [3.63, 3.8) is 0 Å². The molecule has 1 aliphatic carbocycles. The minimum Gasteiger partial charge on any atom is -0.464 e. The summed E-state index contributed by atoms with van der Waals surface area (Å²) in [4.78, 5) is 19.8. The van der Waals surface area contributed by atoms with Gasteiger partial charge in [-0.05, 0) is 48.4 Å². The Labute approximate surface area is 151 Å². The third-order valence-electron chi connectivity index (χ3n) is 4.62. The van der Waals surface area contributed by atoms with Crippen LogP contribution in [0.1, 0.15) is 32.2 Å². The van der Waals surface area contributed by atoms with Gasteiger partial charge in [-0.15, -0.1) is 22.7 Å². The number of carbonyl (C=O) groups excluding carboxylic acids is 1. The number of nitrogen functional groups attached to an aromatic ring is 1. The van der Waals surface area contributed by atoms with Crippen molar-refractivity contribution in [3.05, 3.63) is 56.9 Å². The molecule has 0 saturated heterocycles. The number of thiophene rings is 2. The van der Waals surface area contributed by atoms with Gasteiger partial charge < -0.3 is 10.2 Å². The van der Waals surface area contributed by atoms with Crippen molar-refractivity contribution in [1.29, 1.82) is 0 Å². The summed E-state index contributed by atoms with van der Waals surface area (Å²) in [5.41, 5.74) is 10.3. The molecule has 0 saturated carbocycles. The summed E-state index contributed by atoms with van der Waals surface area (Å²) < 4.78 is 5.69. The fourth-order valence-electron chi connectivity index (χ4n) is 3.53. The number of aromatic nitrogens is 1. The number of pyridine rings is 1. The maximum atomic E-state index is 12.8. The Morgan fingerprint density at radius 2 is 2.16 bits per heavy atom. The van der Waals surface area contributed by atoms with Crippen LogP contribution in [0, 0.1) is 0 Å². The highest BCUT2D eigenvalue weighted by Gasteiger charge is 2.28. The van der Waals surface area contributed by atoms with Crippen LogP contribution in [0.5, 0.6) is 0 Å². The highest BCUT2D eigenvalue weighted by molar-refractivity contribution is 7.22. The standard InChI is InChI=1S/C19H14N2O2S2/c20-16-15-14(12-6-2-8-23-12)10-4-1-5-11(10)21-19(15)25-18(16)17(22)13-7-3-9-24-13/h2-3,6-9H,1,4-5,20H2. The van der Waals surface area contributed by atoms with Crippen LogP contribution in [0.3, 0.4) is 0 Å². The summed E-state index contributed by atoms with van der Waals surface area (Å²) in [6.07, 6.45) is 4.69. The van der Waals surface area contributed by atoms with Crippen molar-refractivity contribution in [3.8, 4) is 11.3 Å². The van der Waals surface area contributed by atoms with Crippen molar-refractivity contribution in [2.24, 2.45) is 0 Å². The van der Waals surface area contributed by atoms with Gasteiger partial charge in [0.15, 0.2) is 0 Å². The van der Waals surface area contributed by atoms with Crippen LogP contribution in [0.25, 0.3) is 21.5 Å². The van der Waals surface area contributed by atoms with Gasteiger partial charge in [-0.2, -0.15) is 0 Å². The van der Waals surface area contributed by atoms with Gasteiger partial charge >= 0.3 is 0 Å². The summed E-state index contributed by atoms with van der Waals surface area (Å²) in [5.74, 6) is 0.770. The Kier molecular flexibility index (Phi) is 3.29. The minimum atomic E-state index is -0.0268. The van der Waals surface area contributed by atoms with Gasteiger partial charge in [0.2, 0.25) is 5.78 Å². The highest BCUT2D eigenvalue weighted by Crippen LogP contribution is 2.44. The van der Waals surface area contributed by atoms with Gasteiger partial charge in [-0.25, -0.2) is 4.98 Å². The first-order valence-electron chi connectivity index (χ1n) is 8.10.